The van der Waals surface area contributed by atoms with E-state index in [1.54, 1.807) is 0 Å². The number of carboxylic acid groups (broad SMARTS) is 1. The van der Waals surface area contributed by atoms with Crippen molar-refractivity contribution in [2.24, 2.45) is 5.41 Å². The first kappa shape index (κ1) is 18.0. The number of carboxylic acids is 1. The lowest BCUT2D eigenvalue weighted by Crippen LogP contribution is -2.28. The van der Waals surface area contributed by atoms with Gasteiger partial charge in [-0.05, 0) is 42.5 Å². The molecule has 0 spiro atoms. The van der Waals surface area contributed by atoms with Crippen molar-refractivity contribution in [1.82, 2.24) is 15.1 Å². The molecule has 2 aromatic rings. The van der Waals surface area contributed by atoms with Crippen LogP contribution in [0.2, 0.25) is 0 Å². The molecule has 9 heteroatoms. The SMILES string of the molecule is CC1(CNC(=O)c2ccc(-n3ncc(C(=O)O)c3C(F)(F)F)cc2)CC1. The summed E-state index contributed by atoms with van der Waals surface area (Å²) in [6.45, 7) is 2.61. The van der Waals surface area contributed by atoms with E-state index in [2.05, 4.69) is 17.3 Å². The Labute approximate surface area is 146 Å². The average molecular weight is 367 g/mol. The standard InChI is InChI=1S/C17H16F3N3O3/c1-16(6-7-16)9-21-14(24)10-2-4-11(5-3-10)23-13(17(18,19)20)12(8-22-23)15(25)26/h2-5,8H,6-7,9H2,1H3,(H,21,24)(H,25,26). The van der Waals surface area contributed by atoms with Gasteiger partial charge in [0, 0.05) is 12.1 Å². The van der Waals surface area contributed by atoms with Crippen LogP contribution < -0.4 is 5.32 Å². The Bertz CT molecular complexity index is 852. The van der Waals surface area contributed by atoms with Crippen LogP contribution in [0, 0.1) is 5.41 Å². The van der Waals surface area contributed by atoms with Gasteiger partial charge in [0.2, 0.25) is 0 Å². The van der Waals surface area contributed by atoms with E-state index in [1.165, 1.54) is 24.3 Å². The lowest BCUT2D eigenvalue weighted by atomic mass is 10.1. The third-order valence-electron chi connectivity index (χ3n) is 4.42. The van der Waals surface area contributed by atoms with Crippen LogP contribution in [-0.4, -0.2) is 33.3 Å². The number of hydrogen-bond acceptors (Lipinski definition) is 3. The molecule has 1 saturated carbocycles. The minimum absolute atomic E-state index is 0.00975. The predicted molar refractivity (Wildman–Crippen MR) is 85.2 cm³/mol. The van der Waals surface area contributed by atoms with Gasteiger partial charge in [0.05, 0.1) is 11.9 Å². The fraction of sp³-hybridized carbons (Fsp3) is 0.353. The van der Waals surface area contributed by atoms with Crippen LogP contribution in [0.5, 0.6) is 0 Å². The first-order chi connectivity index (χ1) is 12.1. The van der Waals surface area contributed by atoms with Crippen LogP contribution in [0.4, 0.5) is 13.2 Å². The molecule has 0 atom stereocenters. The van der Waals surface area contributed by atoms with E-state index in [0.717, 1.165) is 12.8 Å². The monoisotopic (exact) mass is 367 g/mol. The van der Waals surface area contributed by atoms with Crippen LogP contribution in [0.1, 0.15) is 46.2 Å². The number of rotatable bonds is 5. The summed E-state index contributed by atoms with van der Waals surface area (Å²) in [6, 6.07) is 5.34. The van der Waals surface area contributed by atoms with E-state index in [9.17, 15) is 22.8 Å². The molecule has 138 valence electrons. The van der Waals surface area contributed by atoms with Gasteiger partial charge in [0.25, 0.3) is 5.91 Å². The van der Waals surface area contributed by atoms with Gasteiger partial charge in [-0.1, -0.05) is 6.92 Å². The summed E-state index contributed by atoms with van der Waals surface area (Å²) in [7, 11) is 0. The number of aromatic carboxylic acids is 1. The van der Waals surface area contributed by atoms with E-state index < -0.39 is 23.4 Å². The molecular weight excluding hydrogens is 351 g/mol. The van der Waals surface area contributed by atoms with Gasteiger partial charge in [0.1, 0.15) is 5.56 Å². The topological polar surface area (TPSA) is 84.2 Å². The molecule has 2 N–H and O–H groups in total. The second kappa shape index (κ2) is 6.15. The van der Waals surface area contributed by atoms with Crippen molar-refractivity contribution in [2.75, 3.05) is 6.54 Å². The molecular formula is C17H16F3N3O3. The normalized spacial score (nSPS) is 15.5. The summed E-state index contributed by atoms with van der Waals surface area (Å²) in [5.41, 5.74) is -1.85. The van der Waals surface area contributed by atoms with E-state index in [1.807, 2.05) is 0 Å². The Morgan fingerprint density at radius 1 is 1.27 bits per heavy atom. The van der Waals surface area contributed by atoms with Gasteiger partial charge >= 0.3 is 12.1 Å². The van der Waals surface area contributed by atoms with Crippen molar-refractivity contribution in [2.45, 2.75) is 25.9 Å². The Kier molecular flexibility index (Phi) is 4.25. The van der Waals surface area contributed by atoms with E-state index in [0.29, 0.717) is 23.0 Å². The average Bonchev–Trinajstić information content (AvgIpc) is 3.12. The second-order valence-electron chi connectivity index (χ2n) is 6.66. The van der Waals surface area contributed by atoms with Gasteiger partial charge in [-0.2, -0.15) is 18.3 Å². The van der Waals surface area contributed by atoms with Gasteiger partial charge in [-0.25, -0.2) is 9.48 Å². The van der Waals surface area contributed by atoms with E-state index in [4.69, 9.17) is 5.11 Å². The molecule has 1 heterocycles. The Balaban J connectivity index is 1.85. The van der Waals surface area contributed by atoms with Crippen LogP contribution in [0.15, 0.2) is 30.5 Å². The van der Waals surface area contributed by atoms with Gasteiger partial charge in [-0.3, -0.25) is 4.79 Å². The number of hydrogen-bond donors (Lipinski definition) is 2. The van der Waals surface area contributed by atoms with Gasteiger partial charge < -0.3 is 10.4 Å². The number of carbonyl (C=O) groups excluding carboxylic acids is 1. The van der Waals surface area contributed by atoms with Crippen molar-refractivity contribution in [3.63, 3.8) is 0 Å². The number of amides is 1. The highest BCUT2D eigenvalue weighted by Gasteiger charge is 2.40. The van der Waals surface area contributed by atoms with Crippen molar-refractivity contribution in [3.05, 3.63) is 47.3 Å². The quantitative estimate of drug-likeness (QED) is 0.850. The first-order valence-electron chi connectivity index (χ1n) is 7.88. The smallest absolute Gasteiger partial charge is 0.434 e. The van der Waals surface area contributed by atoms with Gasteiger partial charge in [0.15, 0.2) is 5.69 Å². The Morgan fingerprint density at radius 3 is 2.38 bits per heavy atom. The van der Waals surface area contributed by atoms with E-state index >= 15 is 0 Å². The molecule has 1 aliphatic carbocycles. The van der Waals surface area contributed by atoms with E-state index in [-0.39, 0.29) is 17.0 Å². The summed E-state index contributed by atoms with van der Waals surface area (Å²) < 4.78 is 40.2. The lowest BCUT2D eigenvalue weighted by molar-refractivity contribution is -0.143. The summed E-state index contributed by atoms with van der Waals surface area (Å²) in [6.07, 6.45) is -2.13. The number of halogens is 3. The largest absolute Gasteiger partial charge is 0.478 e. The summed E-state index contributed by atoms with van der Waals surface area (Å²) in [4.78, 5) is 23.1. The fourth-order valence-corrected chi connectivity index (χ4v) is 2.51. The highest BCUT2D eigenvalue weighted by atomic mass is 19.4. The number of alkyl halides is 3. The molecule has 1 fully saturated rings. The molecule has 0 aliphatic heterocycles. The Morgan fingerprint density at radius 2 is 1.88 bits per heavy atom. The summed E-state index contributed by atoms with van der Waals surface area (Å²) in [5.74, 6) is -2.03. The number of benzene rings is 1. The van der Waals surface area contributed by atoms with Crippen LogP contribution in [-0.2, 0) is 6.18 Å². The molecule has 1 amide bonds. The zero-order valence-corrected chi connectivity index (χ0v) is 13.8. The first-order valence-corrected chi connectivity index (χ1v) is 7.88. The Hall–Kier alpha value is -2.84. The maximum Gasteiger partial charge on any atom is 0.434 e. The summed E-state index contributed by atoms with van der Waals surface area (Å²) in [5, 5.41) is 15.3. The number of nitrogens with zero attached hydrogens (tertiary/aromatic N) is 2. The van der Waals surface area contributed by atoms with Crippen molar-refractivity contribution < 1.29 is 27.9 Å². The summed E-state index contributed by atoms with van der Waals surface area (Å²) >= 11 is 0. The highest BCUT2D eigenvalue weighted by Crippen LogP contribution is 2.44. The minimum atomic E-state index is -4.89. The third kappa shape index (κ3) is 3.56. The van der Waals surface area contributed by atoms with Crippen LogP contribution in [0.25, 0.3) is 5.69 Å². The zero-order chi connectivity index (χ0) is 19.1. The van der Waals surface area contributed by atoms with Crippen LogP contribution in [0.3, 0.4) is 0 Å². The third-order valence-corrected chi connectivity index (χ3v) is 4.42. The predicted octanol–water partition coefficient (Wildman–Crippen LogP) is 3.12. The minimum Gasteiger partial charge on any atom is -0.478 e. The number of aromatic nitrogens is 2. The zero-order valence-electron chi connectivity index (χ0n) is 13.8. The van der Waals surface area contributed by atoms with Crippen molar-refractivity contribution >= 4 is 11.9 Å². The van der Waals surface area contributed by atoms with Crippen molar-refractivity contribution in [1.29, 1.82) is 0 Å². The molecule has 26 heavy (non-hydrogen) atoms. The molecule has 0 bridgehead atoms. The van der Waals surface area contributed by atoms with Gasteiger partial charge in [-0.15, -0.1) is 0 Å². The number of nitrogens with one attached hydrogen (secondary N) is 1. The van der Waals surface area contributed by atoms with Crippen molar-refractivity contribution in [3.8, 4) is 5.69 Å². The lowest BCUT2D eigenvalue weighted by Gasteiger charge is -2.13. The second-order valence-corrected chi connectivity index (χ2v) is 6.66. The molecule has 0 saturated heterocycles. The molecule has 3 rings (SSSR count). The molecule has 0 unspecified atom stereocenters. The highest BCUT2D eigenvalue weighted by molar-refractivity contribution is 5.94. The maximum absolute atomic E-state index is 13.2. The molecule has 0 radical (unpaired) electrons. The molecule has 1 aliphatic rings. The molecule has 6 nitrogen and oxygen atoms in total. The maximum atomic E-state index is 13.2. The number of carbonyl (C=O) groups is 2. The fourth-order valence-electron chi connectivity index (χ4n) is 2.51. The molecule has 1 aromatic heterocycles. The molecule has 1 aromatic carbocycles. The van der Waals surface area contributed by atoms with Crippen LogP contribution >= 0.6 is 0 Å².